The van der Waals surface area contributed by atoms with E-state index in [9.17, 15) is 9.90 Å². The van der Waals surface area contributed by atoms with Gasteiger partial charge >= 0.3 is 5.97 Å². The summed E-state index contributed by atoms with van der Waals surface area (Å²) >= 11 is 9.27. The van der Waals surface area contributed by atoms with Crippen molar-refractivity contribution in [3.8, 4) is 21.1 Å². The van der Waals surface area contributed by atoms with Crippen molar-refractivity contribution in [1.82, 2.24) is 30.2 Å². The SMILES string of the molecule is CCCCc1nc(Cl)c(C(=O)O)n1Cc1ccc(-c2ccsc2-c2nn[nH]n2)s1. The number of nitrogens with one attached hydrogen (secondary N) is 1. The summed E-state index contributed by atoms with van der Waals surface area (Å²) in [5.74, 6) is 0.188. The highest BCUT2D eigenvalue weighted by atomic mass is 35.5. The first-order valence-corrected chi connectivity index (χ1v) is 11.0. The molecule has 150 valence electrons. The largest absolute Gasteiger partial charge is 0.476 e. The quantitative estimate of drug-likeness (QED) is 0.407. The summed E-state index contributed by atoms with van der Waals surface area (Å²) in [5.41, 5.74) is 1.07. The highest BCUT2D eigenvalue weighted by Gasteiger charge is 2.22. The van der Waals surface area contributed by atoms with Gasteiger partial charge in [0.2, 0.25) is 5.82 Å². The van der Waals surface area contributed by atoms with E-state index < -0.39 is 5.97 Å². The fourth-order valence-electron chi connectivity index (χ4n) is 3.06. The Hall–Kier alpha value is -2.56. The van der Waals surface area contributed by atoms with Gasteiger partial charge in [0.15, 0.2) is 10.8 Å². The molecule has 0 aliphatic carbocycles. The molecule has 0 bridgehead atoms. The van der Waals surface area contributed by atoms with Gasteiger partial charge in [0, 0.05) is 21.7 Å². The van der Waals surface area contributed by atoms with Crippen LogP contribution in [0.1, 0.15) is 41.0 Å². The molecule has 0 aromatic carbocycles. The lowest BCUT2D eigenvalue weighted by molar-refractivity contribution is 0.0685. The number of unbranched alkanes of at least 4 members (excludes halogenated alkanes) is 1. The maximum absolute atomic E-state index is 11.7. The summed E-state index contributed by atoms with van der Waals surface area (Å²) in [4.78, 5) is 19.0. The number of tetrazole rings is 1. The number of H-pyrrole nitrogens is 1. The number of nitrogens with zero attached hydrogens (tertiary/aromatic N) is 5. The summed E-state index contributed by atoms with van der Waals surface area (Å²) in [7, 11) is 0. The minimum Gasteiger partial charge on any atom is -0.476 e. The van der Waals surface area contributed by atoms with Gasteiger partial charge in [-0.3, -0.25) is 0 Å². The van der Waals surface area contributed by atoms with Gasteiger partial charge in [-0.1, -0.05) is 24.9 Å². The zero-order chi connectivity index (χ0) is 20.4. The van der Waals surface area contributed by atoms with E-state index in [1.165, 1.54) is 0 Å². The molecule has 0 aliphatic rings. The first-order chi connectivity index (χ1) is 14.1. The molecule has 0 fully saturated rings. The number of aryl methyl sites for hydroxylation is 1. The lowest BCUT2D eigenvalue weighted by Gasteiger charge is -2.08. The van der Waals surface area contributed by atoms with Crippen LogP contribution in [0.4, 0.5) is 0 Å². The zero-order valence-electron chi connectivity index (χ0n) is 15.4. The Balaban J connectivity index is 1.66. The normalized spacial score (nSPS) is 11.2. The van der Waals surface area contributed by atoms with Crippen molar-refractivity contribution in [1.29, 1.82) is 0 Å². The molecule has 0 radical (unpaired) electrons. The van der Waals surface area contributed by atoms with E-state index in [-0.39, 0.29) is 10.8 Å². The van der Waals surface area contributed by atoms with Crippen LogP contribution in [0.5, 0.6) is 0 Å². The molecule has 0 amide bonds. The zero-order valence-corrected chi connectivity index (χ0v) is 17.8. The van der Waals surface area contributed by atoms with Gasteiger partial charge in [-0.2, -0.15) is 5.21 Å². The van der Waals surface area contributed by atoms with Crippen molar-refractivity contribution in [3.63, 3.8) is 0 Å². The van der Waals surface area contributed by atoms with Crippen LogP contribution in [0.3, 0.4) is 0 Å². The molecule has 0 atom stereocenters. The number of thiophene rings is 2. The molecule has 0 spiro atoms. The molecule has 8 nitrogen and oxygen atoms in total. The Bertz CT molecular complexity index is 1130. The second kappa shape index (κ2) is 8.44. The van der Waals surface area contributed by atoms with Crippen LogP contribution >= 0.6 is 34.3 Å². The van der Waals surface area contributed by atoms with Gasteiger partial charge in [-0.05, 0) is 35.2 Å². The first-order valence-electron chi connectivity index (χ1n) is 8.97. The summed E-state index contributed by atoms with van der Waals surface area (Å²) in [6.45, 7) is 2.49. The topological polar surface area (TPSA) is 110 Å². The molecule has 0 unspecified atom stereocenters. The van der Waals surface area contributed by atoms with Crippen molar-refractivity contribution >= 4 is 40.2 Å². The predicted octanol–water partition coefficient (Wildman–Crippen LogP) is 4.60. The molecule has 29 heavy (non-hydrogen) atoms. The number of hydrogen-bond acceptors (Lipinski definition) is 7. The van der Waals surface area contributed by atoms with E-state index in [0.717, 1.165) is 33.0 Å². The molecule has 4 rings (SSSR count). The third-order valence-electron chi connectivity index (χ3n) is 4.42. The van der Waals surface area contributed by atoms with Crippen molar-refractivity contribution in [2.24, 2.45) is 0 Å². The van der Waals surface area contributed by atoms with Crippen LogP contribution in [0.25, 0.3) is 21.1 Å². The predicted molar refractivity (Wildman–Crippen MR) is 113 cm³/mol. The smallest absolute Gasteiger partial charge is 0.355 e. The van der Waals surface area contributed by atoms with Crippen molar-refractivity contribution < 1.29 is 9.90 Å². The Morgan fingerprint density at radius 1 is 1.34 bits per heavy atom. The number of aromatic carboxylic acids is 1. The highest BCUT2D eigenvalue weighted by molar-refractivity contribution is 7.17. The number of imidazole rings is 1. The number of rotatable bonds is 8. The Kier molecular flexibility index (Phi) is 5.74. The summed E-state index contributed by atoms with van der Waals surface area (Å²) in [6, 6.07) is 6.05. The monoisotopic (exact) mass is 448 g/mol. The minimum atomic E-state index is -1.07. The van der Waals surface area contributed by atoms with Crippen LogP contribution in [0, 0.1) is 0 Å². The fraction of sp³-hybridized carbons (Fsp3) is 0.278. The molecule has 4 aromatic rings. The van der Waals surface area contributed by atoms with Gasteiger partial charge in [0.1, 0.15) is 5.82 Å². The van der Waals surface area contributed by atoms with Crippen LogP contribution in [-0.2, 0) is 13.0 Å². The molecule has 0 saturated heterocycles. The van der Waals surface area contributed by atoms with E-state index in [2.05, 4.69) is 32.5 Å². The first kappa shape index (κ1) is 19.7. The molecule has 0 saturated carbocycles. The summed E-state index contributed by atoms with van der Waals surface area (Å²) in [5, 5.41) is 25.9. The number of carboxylic acid groups (broad SMARTS) is 1. The number of hydrogen-bond donors (Lipinski definition) is 2. The Morgan fingerprint density at radius 3 is 2.93 bits per heavy atom. The number of carbonyl (C=O) groups is 1. The van der Waals surface area contributed by atoms with E-state index in [1.54, 1.807) is 27.2 Å². The number of aromatic nitrogens is 6. The Labute approximate surface area is 179 Å². The molecule has 2 N–H and O–H groups in total. The van der Waals surface area contributed by atoms with E-state index in [0.29, 0.717) is 24.6 Å². The van der Waals surface area contributed by atoms with Gasteiger partial charge in [0.05, 0.1) is 11.4 Å². The third kappa shape index (κ3) is 3.96. The maximum atomic E-state index is 11.7. The third-order valence-corrected chi connectivity index (χ3v) is 6.69. The van der Waals surface area contributed by atoms with Crippen LogP contribution < -0.4 is 0 Å². The van der Waals surface area contributed by atoms with Gasteiger partial charge in [-0.25, -0.2) is 9.78 Å². The maximum Gasteiger partial charge on any atom is 0.355 e. The minimum absolute atomic E-state index is 0.0377. The van der Waals surface area contributed by atoms with E-state index >= 15 is 0 Å². The van der Waals surface area contributed by atoms with Crippen LogP contribution in [-0.4, -0.2) is 41.3 Å². The Morgan fingerprint density at radius 2 is 2.21 bits per heavy atom. The molecule has 0 aliphatic heterocycles. The fourth-order valence-corrected chi connectivity index (χ4v) is 5.28. The molecular weight excluding hydrogens is 432 g/mol. The number of halogens is 1. The van der Waals surface area contributed by atoms with Crippen molar-refractivity contribution in [2.45, 2.75) is 32.7 Å². The van der Waals surface area contributed by atoms with Crippen LogP contribution in [0.15, 0.2) is 23.6 Å². The molecular formula is C18H17ClN6O2S2. The lowest BCUT2D eigenvalue weighted by atomic mass is 10.2. The van der Waals surface area contributed by atoms with Crippen LogP contribution in [0.2, 0.25) is 5.15 Å². The average Bonchev–Trinajstić information content (AvgIpc) is 3.46. The molecule has 4 heterocycles. The number of carboxylic acids is 1. The van der Waals surface area contributed by atoms with E-state index in [4.69, 9.17) is 11.6 Å². The molecule has 11 heteroatoms. The van der Waals surface area contributed by atoms with Crippen molar-refractivity contribution in [3.05, 3.63) is 45.1 Å². The standard InChI is InChI=1S/C18H17ClN6O2S2/c1-2-3-4-13-20-16(19)14(18(26)27)25(13)9-10-5-6-12(29-10)11-7-8-28-15(11)17-21-23-24-22-17/h5-8H,2-4,9H2,1H3,(H,26,27)(H,21,22,23,24). The number of aromatic amines is 1. The van der Waals surface area contributed by atoms with Gasteiger partial charge in [0.25, 0.3) is 0 Å². The second-order valence-electron chi connectivity index (χ2n) is 6.33. The summed E-state index contributed by atoms with van der Waals surface area (Å²) in [6.07, 6.45) is 2.60. The molecule has 4 aromatic heterocycles. The van der Waals surface area contributed by atoms with Gasteiger partial charge < -0.3 is 9.67 Å². The highest BCUT2D eigenvalue weighted by Crippen LogP contribution is 2.38. The van der Waals surface area contributed by atoms with E-state index in [1.807, 2.05) is 23.6 Å². The van der Waals surface area contributed by atoms with Crippen molar-refractivity contribution in [2.75, 3.05) is 0 Å². The average molecular weight is 449 g/mol. The lowest BCUT2D eigenvalue weighted by Crippen LogP contribution is -2.12. The van der Waals surface area contributed by atoms with Gasteiger partial charge in [-0.15, -0.1) is 32.9 Å². The second-order valence-corrected chi connectivity index (χ2v) is 8.77. The summed E-state index contributed by atoms with van der Waals surface area (Å²) < 4.78 is 1.71.